The lowest BCUT2D eigenvalue weighted by atomic mass is 10.1. The molecule has 0 radical (unpaired) electrons. The predicted molar refractivity (Wildman–Crippen MR) is 127 cm³/mol. The number of benzene rings is 2. The summed E-state index contributed by atoms with van der Waals surface area (Å²) in [6.07, 6.45) is 0.0160. The highest BCUT2D eigenvalue weighted by molar-refractivity contribution is 7.89. The van der Waals surface area contributed by atoms with Crippen LogP contribution in [0.3, 0.4) is 0 Å². The molecule has 1 N–H and O–H groups in total. The summed E-state index contributed by atoms with van der Waals surface area (Å²) < 4.78 is 38.3. The Bertz CT molecular complexity index is 1090. The molecule has 0 aromatic heterocycles. The van der Waals surface area contributed by atoms with Crippen molar-refractivity contribution in [3.05, 3.63) is 53.1 Å². The number of ether oxygens (including phenoxy) is 2. The number of rotatable bonds is 7. The number of halogens is 1. The summed E-state index contributed by atoms with van der Waals surface area (Å²) in [7, 11) is -2.14. The van der Waals surface area contributed by atoms with E-state index in [1.165, 1.54) is 10.4 Å². The van der Waals surface area contributed by atoms with Gasteiger partial charge in [-0.25, -0.2) is 13.2 Å². The quantitative estimate of drug-likeness (QED) is 0.629. The Labute approximate surface area is 200 Å². The molecule has 1 aliphatic heterocycles. The number of nitrogens with zero attached hydrogens (tertiary/aromatic N) is 2. The molecule has 2 aromatic carbocycles. The van der Waals surface area contributed by atoms with E-state index < -0.39 is 10.0 Å². The second-order valence-electron chi connectivity index (χ2n) is 8.07. The average Bonchev–Trinajstić information content (AvgIpc) is 2.79. The van der Waals surface area contributed by atoms with Crippen molar-refractivity contribution in [3.8, 4) is 11.5 Å². The standard InChI is InChI=1S/C23H30ClN3O5S/c1-16(2)32-20-10-9-18(15-21(20)31-4)17(3)25-23(28)26-11-13-27(14-12-26)33(29,30)22-8-6-5-7-19(22)24/h5-10,15-17H,11-14H2,1-4H3,(H,25,28). The SMILES string of the molecule is COc1cc(C(C)NC(=O)N2CCN(S(=O)(=O)c3ccccc3Cl)CC2)ccc1OC(C)C. The first kappa shape index (κ1) is 25.1. The van der Waals surface area contributed by atoms with E-state index in [-0.39, 0.29) is 54.3 Å². The number of sulfonamides is 1. The van der Waals surface area contributed by atoms with Crippen LogP contribution in [0, 0.1) is 0 Å². The smallest absolute Gasteiger partial charge is 0.317 e. The van der Waals surface area contributed by atoms with Crippen molar-refractivity contribution in [2.75, 3.05) is 33.3 Å². The molecule has 33 heavy (non-hydrogen) atoms. The average molecular weight is 496 g/mol. The molecule has 10 heteroatoms. The summed E-state index contributed by atoms with van der Waals surface area (Å²) in [5.74, 6) is 1.24. The number of urea groups is 1. The monoisotopic (exact) mass is 495 g/mol. The molecular formula is C23H30ClN3O5S. The van der Waals surface area contributed by atoms with Crippen LogP contribution in [0.2, 0.25) is 5.02 Å². The minimum Gasteiger partial charge on any atom is -0.493 e. The first-order chi connectivity index (χ1) is 15.6. The van der Waals surface area contributed by atoms with E-state index in [1.807, 2.05) is 39.0 Å². The molecule has 2 amide bonds. The van der Waals surface area contributed by atoms with Crippen molar-refractivity contribution in [1.82, 2.24) is 14.5 Å². The second kappa shape index (κ2) is 10.6. The largest absolute Gasteiger partial charge is 0.493 e. The number of hydrogen-bond donors (Lipinski definition) is 1. The molecule has 8 nitrogen and oxygen atoms in total. The fourth-order valence-electron chi connectivity index (χ4n) is 3.59. The first-order valence-electron chi connectivity index (χ1n) is 10.8. The van der Waals surface area contributed by atoms with Crippen LogP contribution in [-0.4, -0.2) is 63.0 Å². The minimum atomic E-state index is -3.71. The van der Waals surface area contributed by atoms with Gasteiger partial charge in [-0.3, -0.25) is 0 Å². The number of piperazine rings is 1. The van der Waals surface area contributed by atoms with Gasteiger partial charge in [-0.05, 0) is 50.6 Å². The van der Waals surface area contributed by atoms with Gasteiger partial charge in [0.05, 0.1) is 24.3 Å². The topological polar surface area (TPSA) is 88.2 Å². The Hall–Kier alpha value is -2.49. The molecular weight excluding hydrogens is 466 g/mol. The number of amides is 2. The van der Waals surface area contributed by atoms with E-state index in [2.05, 4.69) is 5.32 Å². The lowest BCUT2D eigenvalue weighted by Gasteiger charge is -2.34. The summed E-state index contributed by atoms with van der Waals surface area (Å²) in [6.45, 7) is 6.73. The third-order valence-corrected chi connectivity index (χ3v) is 7.77. The van der Waals surface area contributed by atoms with Gasteiger partial charge in [0.1, 0.15) is 4.90 Å². The third kappa shape index (κ3) is 5.90. The predicted octanol–water partition coefficient (Wildman–Crippen LogP) is 3.91. The Balaban J connectivity index is 1.61. The summed E-state index contributed by atoms with van der Waals surface area (Å²) in [6, 6.07) is 11.4. The van der Waals surface area contributed by atoms with Gasteiger partial charge in [0, 0.05) is 26.2 Å². The molecule has 180 valence electrons. The van der Waals surface area contributed by atoms with Gasteiger partial charge in [-0.1, -0.05) is 29.8 Å². The molecule has 0 aliphatic carbocycles. The molecule has 1 fully saturated rings. The fraction of sp³-hybridized carbons (Fsp3) is 0.435. The number of carbonyl (C=O) groups is 1. The number of carbonyl (C=O) groups excluding carboxylic acids is 1. The highest BCUT2D eigenvalue weighted by atomic mass is 35.5. The number of methoxy groups -OCH3 is 1. The number of hydrogen-bond acceptors (Lipinski definition) is 5. The maximum Gasteiger partial charge on any atom is 0.317 e. The summed E-state index contributed by atoms with van der Waals surface area (Å²) in [4.78, 5) is 14.5. The van der Waals surface area contributed by atoms with Crippen LogP contribution in [0.4, 0.5) is 4.79 Å². The Morgan fingerprint density at radius 3 is 2.30 bits per heavy atom. The molecule has 0 saturated carbocycles. The lowest BCUT2D eigenvalue weighted by Crippen LogP contribution is -2.53. The maximum absolute atomic E-state index is 12.9. The van der Waals surface area contributed by atoms with E-state index in [0.717, 1.165) is 5.56 Å². The van der Waals surface area contributed by atoms with Crippen LogP contribution in [0.5, 0.6) is 11.5 Å². The molecule has 1 heterocycles. The lowest BCUT2D eigenvalue weighted by molar-refractivity contribution is 0.169. The molecule has 0 bridgehead atoms. The van der Waals surface area contributed by atoms with Crippen LogP contribution in [0.25, 0.3) is 0 Å². The summed E-state index contributed by atoms with van der Waals surface area (Å²) in [5, 5.41) is 3.16. The van der Waals surface area contributed by atoms with Crippen molar-refractivity contribution >= 4 is 27.7 Å². The molecule has 1 atom stereocenters. The van der Waals surface area contributed by atoms with Crippen molar-refractivity contribution in [2.45, 2.75) is 37.8 Å². The number of nitrogens with one attached hydrogen (secondary N) is 1. The van der Waals surface area contributed by atoms with Gasteiger partial charge in [-0.15, -0.1) is 0 Å². The Morgan fingerprint density at radius 1 is 1.03 bits per heavy atom. The van der Waals surface area contributed by atoms with Gasteiger partial charge >= 0.3 is 6.03 Å². The maximum atomic E-state index is 12.9. The fourth-order valence-corrected chi connectivity index (χ4v) is 5.50. The van der Waals surface area contributed by atoms with Crippen LogP contribution in [0.15, 0.2) is 47.4 Å². The Kier molecular flexibility index (Phi) is 8.10. The van der Waals surface area contributed by atoms with Crippen molar-refractivity contribution in [1.29, 1.82) is 0 Å². The van der Waals surface area contributed by atoms with Crippen LogP contribution < -0.4 is 14.8 Å². The molecule has 3 rings (SSSR count). The van der Waals surface area contributed by atoms with Gasteiger partial charge in [0.15, 0.2) is 11.5 Å². The first-order valence-corrected chi connectivity index (χ1v) is 12.6. The van der Waals surface area contributed by atoms with E-state index in [1.54, 1.807) is 30.2 Å². The zero-order valence-electron chi connectivity index (χ0n) is 19.2. The third-order valence-electron chi connectivity index (χ3n) is 5.37. The van der Waals surface area contributed by atoms with Crippen LogP contribution in [-0.2, 0) is 10.0 Å². The highest BCUT2D eigenvalue weighted by Crippen LogP contribution is 2.31. The summed E-state index contributed by atoms with van der Waals surface area (Å²) in [5.41, 5.74) is 0.872. The van der Waals surface area contributed by atoms with Crippen LogP contribution in [0.1, 0.15) is 32.4 Å². The van der Waals surface area contributed by atoms with Gasteiger partial charge in [-0.2, -0.15) is 4.31 Å². The zero-order chi connectivity index (χ0) is 24.2. The molecule has 1 aliphatic rings. The van der Waals surface area contributed by atoms with E-state index in [9.17, 15) is 13.2 Å². The van der Waals surface area contributed by atoms with E-state index in [4.69, 9.17) is 21.1 Å². The van der Waals surface area contributed by atoms with Crippen molar-refractivity contribution in [3.63, 3.8) is 0 Å². The van der Waals surface area contributed by atoms with Gasteiger partial charge in [0.25, 0.3) is 0 Å². The van der Waals surface area contributed by atoms with Crippen molar-refractivity contribution in [2.24, 2.45) is 0 Å². The normalized spacial score (nSPS) is 15.9. The molecule has 1 saturated heterocycles. The van der Waals surface area contributed by atoms with Gasteiger partial charge < -0.3 is 19.7 Å². The molecule has 0 spiro atoms. The molecule has 2 aromatic rings. The van der Waals surface area contributed by atoms with E-state index in [0.29, 0.717) is 11.5 Å². The summed E-state index contributed by atoms with van der Waals surface area (Å²) >= 11 is 6.08. The van der Waals surface area contributed by atoms with Crippen LogP contribution >= 0.6 is 11.6 Å². The zero-order valence-corrected chi connectivity index (χ0v) is 20.8. The highest BCUT2D eigenvalue weighted by Gasteiger charge is 2.31. The van der Waals surface area contributed by atoms with E-state index >= 15 is 0 Å². The van der Waals surface area contributed by atoms with Crippen molar-refractivity contribution < 1.29 is 22.7 Å². The van der Waals surface area contributed by atoms with Gasteiger partial charge in [0.2, 0.25) is 10.0 Å². The molecule has 1 unspecified atom stereocenters. The Morgan fingerprint density at radius 2 is 1.70 bits per heavy atom. The second-order valence-corrected chi connectivity index (χ2v) is 10.4. The minimum absolute atomic E-state index is 0.0160.